The molecule has 2 rings (SSSR count). The van der Waals surface area contributed by atoms with Gasteiger partial charge in [-0.05, 0) is 11.1 Å². The van der Waals surface area contributed by atoms with Crippen molar-refractivity contribution in [2.75, 3.05) is 0 Å². The number of hydrogen-bond donors (Lipinski definition) is 0. The van der Waals surface area contributed by atoms with Crippen molar-refractivity contribution in [2.24, 2.45) is 0 Å². The molecule has 0 unspecified atom stereocenters. The fourth-order valence-electron chi connectivity index (χ4n) is 2.25. The summed E-state index contributed by atoms with van der Waals surface area (Å²) < 4.78 is 116. The summed E-state index contributed by atoms with van der Waals surface area (Å²) in [5, 5.41) is 0. The van der Waals surface area contributed by atoms with Crippen molar-refractivity contribution in [2.45, 2.75) is 18.5 Å². The maximum Gasteiger partial charge on any atom is 0.417 e. The van der Waals surface area contributed by atoms with Gasteiger partial charge in [-0.2, -0.15) is 39.5 Å². The lowest BCUT2D eigenvalue weighted by Crippen LogP contribution is -2.19. The molecule has 9 heteroatoms. The monoisotopic (exact) mass is 332 g/mol. The molecule has 22 heavy (non-hydrogen) atoms. The third-order valence-electron chi connectivity index (χ3n) is 2.93. The number of hydrogen-bond acceptors (Lipinski definition) is 0. The van der Waals surface area contributed by atoms with E-state index in [1.807, 2.05) is 0 Å². The van der Waals surface area contributed by atoms with Crippen LogP contribution in [0.4, 0.5) is 39.5 Å². The van der Waals surface area contributed by atoms with Gasteiger partial charge in [-0.3, -0.25) is 0 Å². The van der Waals surface area contributed by atoms with E-state index < -0.39 is 46.3 Å². The van der Waals surface area contributed by atoms with Crippen molar-refractivity contribution < 1.29 is 39.5 Å². The van der Waals surface area contributed by atoms with Crippen molar-refractivity contribution in [1.29, 1.82) is 0 Å². The Bertz CT molecular complexity index is 612. The van der Waals surface area contributed by atoms with Gasteiger partial charge in [0.15, 0.2) is 0 Å². The van der Waals surface area contributed by atoms with Crippen LogP contribution < -0.4 is 0 Å². The fourth-order valence-corrected chi connectivity index (χ4v) is 2.25. The molecule has 0 spiro atoms. The van der Waals surface area contributed by atoms with E-state index in [2.05, 4.69) is 0 Å². The van der Waals surface area contributed by atoms with E-state index in [0.29, 0.717) is 12.1 Å². The van der Waals surface area contributed by atoms with E-state index in [9.17, 15) is 39.5 Å². The molecule has 0 aromatic rings. The van der Waals surface area contributed by atoms with Crippen LogP contribution in [0.25, 0.3) is 11.1 Å². The molecule has 120 valence electrons. The number of rotatable bonds is 0. The Morgan fingerprint density at radius 2 is 0.773 bits per heavy atom. The predicted molar refractivity (Wildman–Crippen MR) is 58.1 cm³/mol. The highest BCUT2D eigenvalue weighted by atomic mass is 19.4. The Morgan fingerprint density at radius 1 is 0.455 bits per heavy atom. The first-order valence-corrected chi connectivity index (χ1v) is 5.61. The maximum atomic E-state index is 13.0. The van der Waals surface area contributed by atoms with Crippen LogP contribution in [0.5, 0.6) is 0 Å². The van der Waals surface area contributed by atoms with Gasteiger partial charge >= 0.3 is 18.5 Å². The van der Waals surface area contributed by atoms with Crippen LogP contribution in [-0.4, -0.2) is 0 Å². The van der Waals surface area contributed by atoms with E-state index in [1.54, 1.807) is 0 Å². The Balaban J connectivity index is 3.07. The zero-order valence-electron chi connectivity index (χ0n) is 10.3. The van der Waals surface area contributed by atoms with E-state index in [0.717, 1.165) is 18.2 Å². The summed E-state index contributed by atoms with van der Waals surface area (Å²) in [5.41, 5.74) is -9.62. The van der Waals surface area contributed by atoms with Gasteiger partial charge in [0.25, 0.3) is 0 Å². The number of fused-ring (bicyclic) bond motifs is 1. The van der Waals surface area contributed by atoms with E-state index in [4.69, 9.17) is 0 Å². The van der Waals surface area contributed by atoms with Crippen LogP contribution in [-0.2, 0) is 18.5 Å². The molecule has 0 nitrogen and oxygen atoms in total. The minimum atomic E-state index is -5.80. The molecule has 2 aliphatic carbocycles. The largest absolute Gasteiger partial charge is 0.417 e. The van der Waals surface area contributed by atoms with Crippen LogP contribution in [0.3, 0.4) is 0 Å². The zero-order valence-corrected chi connectivity index (χ0v) is 10.3. The van der Waals surface area contributed by atoms with Gasteiger partial charge in [0.05, 0.1) is 16.7 Å². The van der Waals surface area contributed by atoms with Gasteiger partial charge in [0.1, 0.15) is 0 Å². The summed E-state index contributed by atoms with van der Waals surface area (Å²) in [5.74, 6) is 0. The minimum Gasteiger partial charge on any atom is -0.166 e. The van der Waals surface area contributed by atoms with Crippen LogP contribution >= 0.6 is 0 Å². The molecule has 0 bridgehead atoms. The normalized spacial score (nSPS) is 13.7. The molecular weight excluding hydrogens is 327 g/mol. The van der Waals surface area contributed by atoms with Gasteiger partial charge in [0, 0.05) is 0 Å². The Hall–Kier alpha value is -1.93. The topological polar surface area (TPSA) is 0 Å². The Kier molecular flexibility index (Phi) is 3.58. The van der Waals surface area contributed by atoms with Crippen molar-refractivity contribution in [3.8, 4) is 11.1 Å². The average Bonchev–Trinajstić information content (AvgIpc) is 2.47. The van der Waals surface area contributed by atoms with Gasteiger partial charge < -0.3 is 0 Å². The summed E-state index contributed by atoms with van der Waals surface area (Å²) in [6.07, 6.45) is -17.0. The highest BCUT2D eigenvalue weighted by Gasteiger charge is 2.54. The summed E-state index contributed by atoms with van der Waals surface area (Å²) in [4.78, 5) is 0. The lowest BCUT2D eigenvalue weighted by molar-refractivity contribution is -0.172. The molecular formula is C13H5F9. The zero-order chi connectivity index (χ0) is 16.9. The maximum absolute atomic E-state index is 13.0. The van der Waals surface area contributed by atoms with Gasteiger partial charge in [0.2, 0.25) is 0 Å². The first-order chi connectivity index (χ1) is 9.85. The van der Waals surface area contributed by atoms with E-state index >= 15 is 0 Å². The van der Waals surface area contributed by atoms with Crippen LogP contribution in [0.15, 0.2) is 30.3 Å². The molecule has 0 aromatic carbocycles. The fraction of sp³-hybridized carbons (Fsp3) is 0.231. The highest BCUT2D eigenvalue weighted by Crippen LogP contribution is 2.55. The van der Waals surface area contributed by atoms with E-state index in [1.165, 1.54) is 0 Å². The Labute approximate surface area is 117 Å². The van der Waals surface area contributed by atoms with Gasteiger partial charge in [-0.1, -0.05) is 30.3 Å². The quantitative estimate of drug-likeness (QED) is 0.531. The standard InChI is InChI=1S/C13H5F9/c14-11(15,16)8-6-4-2-1-3-5-7(6)9(12(17,18)19)10(8)13(20,21)22/h1-5H. The van der Waals surface area contributed by atoms with Crippen LogP contribution in [0.1, 0.15) is 16.7 Å². The smallest absolute Gasteiger partial charge is 0.166 e. The second kappa shape index (κ2) is 4.79. The predicted octanol–water partition coefficient (Wildman–Crippen LogP) is 5.85. The molecule has 0 aromatic heterocycles. The van der Waals surface area contributed by atoms with Crippen molar-refractivity contribution >= 4 is 0 Å². The molecule has 0 N–H and O–H groups in total. The Morgan fingerprint density at radius 3 is 1.05 bits per heavy atom. The molecule has 0 saturated heterocycles. The van der Waals surface area contributed by atoms with Crippen molar-refractivity contribution in [3.05, 3.63) is 47.0 Å². The van der Waals surface area contributed by atoms with Crippen LogP contribution in [0, 0.1) is 0 Å². The minimum absolute atomic E-state index is 0.586. The summed E-state index contributed by atoms with van der Waals surface area (Å²) >= 11 is 0. The second-order valence-electron chi connectivity index (χ2n) is 4.36. The molecule has 0 fully saturated rings. The molecule has 0 amide bonds. The summed E-state index contributed by atoms with van der Waals surface area (Å²) in [7, 11) is 0. The second-order valence-corrected chi connectivity index (χ2v) is 4.36. The molecule has 0 saturated carbocycles. The number of alkyl halides is 9. The lowest BCUT2D eigenvalue weighted by Gasteiger charge is -2.15. The third kappa shape index (κ3) is 2.71. The average molecular weight is 332 g/mol. The molecule has 0 heterocycles. The number of halogens is 9. The van der Waals surface area contributed by atoms with E-state index in [-0.39, 0.29) is 0 Å². The van der Waals surface area contributed by atoms with Crippen molar-refractivity contribution in [3.63, 3.8) is 0 Å². The van der Waals surface area contributed by atoms with Crippen molar-refractivity contribution in [1.82, 2.24) is 0 Å². The first kappa shape index (κ1) is 16.4. The summed E-state index contributed by atoms with van der Waals surface area (Å²) in [6, 6.07) is 4.18. The van der Waals surface area contributed by atoms with Gasteiger partial charge in [-0.15, -0.1) is 0 Å². The summed E-state index contributed by atoms with van der Waals surface area (Å²) in [6.45, 7) is 0. The van der Waals surface area contributed by atoms with Gasteiger partial charge in [-0.25, -0.2) is 0 Å². The molecule has 0 aliphatic heterocycles. The lowest BCUT2D eigenvalue weighted by atomic mass is 10.1. The first-order valence-electron chi connectivity index (χ1n) is 5.61. The highest BCUT2D eigenvalue weighted by molar-refractivity contribution is 5.79. The van der Waals surface area contributed by atoms with Crippen LogP contribution in [0.2, 0.25) is 0 Å². The molecule has 0 atom stereocenters. The SMILES string of the molecule is FC(F)(F)c1c2cccccc-2c(C(F)(F)F)c1C(F)(F)F. The molecule has 0 radical (unpaired) electrons. The molecule has 2 aliphatic rings. The third-order valence-corrected chi connectivity index (χ3v) is 2.93.